The molecule has 0 aliphatic rings. The second-order valence-electron chi connectivity index (χ2n) is 6.79. The van der Waals surface area contributed by atoms with Crippen molar-refractivity contribution in [3.05, 3.63) is 16.0 Å². The SMILES string of the molecule is COC(=O)c1cc(Cl)sc1NC(=O)[C@H](C)O[Si](C)(C)C(C)(C)C. The minimum Gasteiger partial charge on any atom is -0.465 e. The van der Waals surface area contributed by atoms with Gasteiger partial charge in [0.2, 0.25) is 0 Å². The highest BCUT2D eigenvalue weighted by molar-refractivity contribution is 7.20. The van der Waals surface area contributed by atoms with Crippen LogP contribution in [0, 0.1) is 0 Å². The first-order valence-electron chi connectivity index (χ1n) is 7.25. The van der Waals surface area contributed by atoms with Crippen molar-refractivity contribution in [2.75, 3.05) is 12.4 Å². The quantitative estimate of drug-likeness (QED) is 0.604. The van der Waals surface area contributed by atoms with E-state index >= 15 is 0 Å². The van der Waals surface area contributed by atoms with Crippen molar-refractivity contribution < 1.29 is 18.8 Å². The van der Waals surface area contributed by atoms with Crippen molar-refractivity contribution in [1.29, 1.82) is 0 Å². The molecule has 1 aromatic heterocycles. The van der Waals surface area contributed by atoms with Crippen LogP contribution >= 0.6 is 22.9 Å². The summed E-state index contributed by atoms with van der Waals surface area (Å²) >= 11 is 7.05. The van der Waals surface area contributed by atoms with E-state index in [0.29, 0.717) is 9.34 Å². The van der Waals surface area contributed by atoms with Gasteiger partial charge in [0.1, 0.15) is 11.1 Å². The van der Waals surface area contributed by atoms with Crippen LogP contribution in [0.3, 0.4) is 0 Å². The molecule has 0 aliphatic heterocycles. The van der Waals surface area contributed by atoms with Gasteiger partial charge in [-0.2, -0.15) is 0 Å². The van der Waals surface area contributed by atoms with Gasteiger partial charge < -0.3 is 14.5 Å². The fraction of sp³-hybridized carbons (Fsp3) is 0.600. The predicted molar refractivity (Wildman–Crippen MR) is 97.0 cm³/mol. The van der Waals surface area contributed by atoms with Gasteiger partial charge in [-0.3, -0.25) is 4.79 Å². The second-order valence-corrected chi connectivity index (χ2v) is 13.2. The third-order valence-corrected chi connectivity index (χ3v) is 9.73. The third kappa shape index (κ3) is 5.04. The first-order valence-corrected chi connectivity index (χ1v) is 11.4. The van der Waals surface area contributed by atoms with Crippen LogP contribution in [0.2, 0.25) is 22.5 Å². The van der Waals surface area contributed by atoms with E-state index in [9.17, 15) is 9.59 Å². The summed E-state index contributed by atoms with van der Waals surface area (Å²) in [6, 6.07) is 1.48. The van der Waals surface area contributed by atoms with E-state index in [1.54, 1.807) is 6.92 Å². The number of ether oxygens (including phenoxy) is 1. The molecule has 1 N–H and O–H groups in total. The molecule has 0 fully saturated rings. The average molecular weight is 378 g/mol. The Bertz CT molecular complexity index is 595. The minimum absolute atomic E-state index is 0.00492. The lowest BCUT2D eigenvalue weighted by molar-refractivity contribution is -0.122. The van der Waals surface area contributed by atoms with Gasteiger partial charge in [0.05, 0.1) is 17.0 Å². The maximum atomic E-state index is 12.4. The topological polar surface area (TPSA) is 64.6 Å². The monoisotopic (exact) mass is 377 g/mol. The van der Waals surface area contributed by atoms with Crippen molar-refractivity contribution >= 4 is 48.1 Å². The molecule has 23 heavy (non-hydrogen) atoms. The number of rotatable bonds is 5. The van der Waals surface area contributed by atoms with E-state index in [1.165, 1.54) is 13.2 Å². The molecule has 0 aromatic carbocycles. The summed E-state index contributed by atoms with van der Waals surface area (Å²) in [4.78, 5) is 24.1. The summed E-state index contributed by atoms with van der Waals surface area (Å²) in [5.41, 5.74) is 0.246. The van der Waals surface area contributed by atoms with Gasteiger partial charge in [0, 0.05) is 0 Å². The zero-order valence-electron chi connectivity index (χ0n) is 14.6. The molecular weight excluding hydrogens is 354 g/mol. The molecule has 130 valence electrons. The van der Waals surface area contributed by atoms with Gasteiger partial charge in [0.15, 0.2) is 8.32 Å². The van der Waals surface area contributed by atoms with Crippen LogP contribution in [0.25, 0.3) is 0 Å². The van der Waals surface area contributed by atoms with Crippen molar-refractivity contribution in [3.63, 3.8) is 0 Å². The number of halogens is 1. The van der Waals surface area contributed by atoms with E-state index in [1.807, 2.05) is 0 Å². The van der Waals surface area contributed by atoms with Crippen LogP contribution in [0.5, 0.6) is 0 Å². The number of nitrogens with one attached hydrogen (secondary N) is 1. The smallest absolute Gasteiger partial charge is 0.340 e. The number of hydrogen-bond acceptors (Lipinski definition) is 5. The summed E-state index contributed by atoms with van der Waals surface area (Å²) in [5.74, 6) is -0.847. The van der Waals surface area contributed by atoms with Gasteiger partial charge in [0.25, 0.3) is 5.91 Å². The fourth-order valence-corrected chi connectivity index (χ4v) is 4.06. The van der Waals surface area contributed by atoms with Crippen molar-refractivity contribution in [2.24, 2.45) is 0 Å². The van der Waals surface area contributed by atoms with Crippen molar-refractivity contribution in [2.45, 2.75) is 51.9 Å². The van der Waals surface area contributed by atoms with Crippen LogP contribution in [0.4, 0.5) is 5.00 Å². The molecule has 5 nitrogen and oxygen atoms in total. The number of anilines is 1. The summed E-state index contributed by atoms with van der Waals surface area (Å²) in [6.45, 7) is 12.2. The largest absolute Gasteiger partial charge is 0.465 e. The summed E-state index contributed by atoms with van der Waals surface area (Å²) < 4.78 is 11.1. The molecule has 0 radical (unpaired) electrons. The van der Waals surface area contributed by atoms with Crippen molar-refractivity contribution in [1.82, 2.24) is 0 Å². The molecule has 0 spiro atoms. The summed E-state index contributed by atoms with van der Waals surface area (Å²) in [6.07, 6.45) is -0.623. The molecule has 1 heterocycles. The van der Waals surface area contributed by atoms with Gasteiger partial charge in [-0.05, 0) is 31.1 Å². The molecule has 0 saturated carbocycles. The molecule has 8 heteroatoms. The first-order chi connectivity index (χ1) is 10.4. The van der Waals surface area contributed by atoms with Gasteiger partial charge in [-0.1, -0.05) is 32.4 Å². The van der Waals surface area contributed by atoms with E-state index < -0.39 is 20.4 Å². The maximum absolute atomic E-state index is 12.4. The number of carbonyl (C=O) groups excluding carboxylic acids is 2. The van der Waals surface area contributed by atoms with E-state index in [-0.39, 0.29) is 16.5 Å². The number of amides is 1. The highest BCUT2D eigenvalue weighted by Crippen LogP contribution is 2.37. The Hall–Kier alpha value is -0.893. The highest BCUT2D eigenvalue weighted by atomic mass is 35.5. The van der Waals surface area contributed by atoms with E-state index in [4.69, 9.17) is 20.8 Å². The Morgan fingerprint density at radius 3 is 2.39 bits per heavy atom. The summed E-state index contributed by atoms with van der Waals surface area (Å²) in [5, 5.41) is 3.09. The number of hydrogen-bond donors (Lipinski definition) is 1. The van der Waals surface area contributed by atoms with Crippen molar-refractivity contribution in [3.8, 4) is 0 Å². The van der Waals surface area contributed by atoms with Gasteiger partial charge in [-0.15, -0.1) is 11.3 Å². The lowest BCUT2D eigenvalue weighted by atomic mass is 10.2. The first kappa shape index (κ1) is 20.2. The molecular formula is C15H24ClNO4SSi. The number of thiophene rings is 1. The predicted octanol–water partition coefficient (Wildman–Crippen LogP) is 4.54. The molecule has 1 rings (SSSR count). The molecule has 1 aromatic rings. The van der Waals surface area contributed by atoms with Crippen LogP contribution < -0.4 is 5.32 Å². The Labute approximate surface area is 147 Å². The number of esters is 1. The molecule has 0 aliphatic carbocycles. The normalized spacial score (nSPS) is 13.6. The van der Waals surface area contributed by atoms with Gasteiger partial charge >= 0.3 is 5.97 Å². The Balaban J connectivity index is 2.86. The lowest BCUT2D eigenvalue weighted by Crippen LogP contribution is -2.46. The average Bonchev–Trinajstić information content (AvgIpc) is 2.76. The fourth-order valence-electron chi connectivity index (χ4n) is 1.60. The Morgan fingerprint density at radius 1 is 1.35 bits per heavy atom. The molecule has 0 unspecified atom stereocenters. The standard InChI is InChI=1S/C15H24ClNO4SSi/c1-9(21-23(6,7)15(2,3)4)12(18)17-13-10(14(19)20-5)8-11(16)22-13/h8-9H,1-7H3,(H,17,18)/t9-/m0/s1. The van der Waals surface area contributed by atoms with Gasteiger partial charge in [-0.25, -0.2) is 4.79 Å². The Kier molecular flexibility index (Phi) is 6.43. The molecule has 1 atom stereocenters. The number of carbonyl (C=O) groups is 2. The minimum atomic E-state index is -2.06. The highest BCUT2D eigenvalue weighted by Gasteiger charge is 2.39. The Morgan fingerprint density at radius 2 is 1.91 bits per heavy atom. The second kappa shape index (κ2) is 7.34. The third-order valence-electron chi connectivity index (χ3n) is 3.99. The lowest BCUT2D eigenvalue weighted by Gasteiger charge is -2.37. The zero-order valence-corrected chi connectivity index (χ0v) is 17.1. The van der Waals surface area contributed by atoms with Crippen LogP contribution in [0.15, 0.2) is 6.07 Å². The molecule has 0 saturated heterocycles. The van der Waals surface area contributed by atoms with Crippen LogP contribution in [-0.2, 0) is 14.0 Å². The van der Waals surface area contributed by atoms with E-state index in [2.05, 4.69) is 39.2 Å². The molecule has 0 bridgehead atoms. The van der Waals surface area contributed by atoms with Crippen LogP contribution in [0.1, 0.15) is 38.1 Å². The zero-order chi connectivity index (χ0) is 18.0. The van der Waals surface area contributed by atoms with E-state index in [0.717, 1.165) is 11.3 Å². The summed E-state index contributed by atoms with van der Waals surface area (Å²) in [7, 11) is -0.780. The van der Waals surface area contributed by atoms with Crippen LogP contribution in [-0.4, -0.2) is 33.4 Å². The molecule has 1 amide bonds. The maximum Gasteiger partial charge on any atom is 0.340 e. The number of methoxy groups -OCH3 is 1.